The van der Waals surface area contributed by atoms with Crippen molar-refractivity contribution in [3.63, 3.8) is 0 Å². The number of carbonyl (C=O) groups excluding carboxylic acids is 1. The minimum absolute atomic E-state index is 0.165. The van der Waals surface area contributed by atoms with Crippen molar-refractivity contribution in [3.05, 3.63) is 28.2 Å². The first-order chi connectivity index (χ1) is 9.06. The van der Waals surface area contributed by atoms with E-state index in [1.165, 1.54) is 18.9 Å². The van der Waals surface area contributed by atoms with E-state index < -0.39 is 6.04 Å². The quantitative estimate of drug-likeness (QED) is 0.755. The molecule has 1 rings (SSSR count). The monoisotopic (exact) mass is 323 g/mol. The number of methoxy groups -OCH3 is 1. The molecule has 0 radical (unpaired) electrons. The highest BCUT2D eigenvalue weighted by Crippen LogP contribution is 2.29. The van der Waals surface area contributed by atoms with Gasteiger partial charge in [0.25, 0.3) is 0 Å². The minimum atomic E-state index is -0.395. The molecule has 0 heterocycles. The van der Waals surface area contributed by atoms with Crippen molar-refractivity contribution in [3.8, 4) is 0 Å². The third-order valence-corrected chi connectivity index (χ3v) is 3.94. The smallest absolute Gasteiger partial charge is 0.230 e. The zero-order valence-electron chi connectivity index (χ0n) is 10.4. The van der Waals surface area contributed by atoms with E-state index in [9.17, 15) is 4.79 Å². The number of aliphatic hydroxyl groups excluding tert-OH is 1. The van der Waals surface area contributed by atoms with Gasteiger partial charge in [-0.25, -0.2) is 0 Å². The summed E-state index contributed by atoms with van der Waals surface area (Å²) in [5, 5.41) is 12.8. The summed E-state index contributed by atoms with van der Waals surface area (Å²) in [5.41, 5.74) is 0. The van der Waals surface area contributed by atoms with Crippen molar-refractivity contribution >= 4 is 40.9 Å². The van der Waals surface area contributed by atoms with Gasteiger partial charge in [0.15, 0.2) is 0 Å². The molecule has 7 heteroatoms. The van der Waals surface area contributed by atoms with Crippen LogP contribution in [0.1, 0.15) is 0 Å². The van der Waals surface area contributed by atoms with E-state index in [4.69, 9.17) is 33.0 Å². The minimum Gasteiger partial charge on any atom is -0.394 e. The zero-order chi connectivity index (χ0) is 14.3. The van der Waals surface area contributed by atoms with E-state index in [-0.39, 0.29) is 24.9 Å². The zero-order valence-corrected chi connectivity index (χ0v) is 12.7. The maximum absolute atomic E-state index is 11.7. The highest BCUT2D eigenvalue weighted by atomic mass is 35.5. The second-order valence-corrected chi connectivity index (χ2v) is 5.63. The summed E-state index contributed by atoms with van der Waals surface area (Å²) >= 11 is 13.1. The highest BCUT2D eigenvalue weighted by Gasteiger charge is 2.12. The van der Waals surface area contributed by atoms with Gasteiger partial charge in [0.05, 0.1) is 30.0 Å². The molecule has 1 aromatic rings. The molecule has 0 fully saturated rings. The van der Waals surface area contributed by atoms with Gasteiger partial charge in [-0.2, -0.15) is 0 Å². The molecule has 1 atom stereocenters. The topological polar surface area (TPSA) is 58.6 Å². The lowest BCUT2D eigenvalue weighted by molar-refractivity contribution is -0.120. The van der Waals surface area contributed by atoms with E-state index in [0.29, 0.717) is 10.0 Å². The Kier molecular flexibility index (Phi) is 7.56. The third kappa shape index (κ3) is 6.01. The van der Waals surface area contributed by atoms with Crippen molar-refractivity contribution in [2.24, 2.45) is 0 Å². The second kappa shape index (κ2) is 8.66. The summed E-state index contributed by atoms with van der Waals surface area (Å²) in [7, 11) is 1.51. The molecule has 0 bridgehead atoms. The molecule has 0 aliphatic rings. The molecule has 0 spiro atoms. The lowest BCUT2D eigenvalue weighted by Crippen LogP contribution is -2.41. The van der Waals surface area contributed by atoms with Gasteiger partial charge in [-0.05, 0) is 18.2 Å². The maximum atomic E-state index is 11.7. The molecular formula is C12H15Cl2NO3S. The fourth-order valence-corrected chi connectivity index (χ4v) is 2.65. The molecule has 106 valence electrons. The summed E-state index contributed by atoms with van der Waals surface area (Å²) in [5.74, 6) is -0.00237. The Morgan fingerprint density at radius 3 is 2.89 bits per heavy atom. The molecule has 1 amide bonds. The van der Waals surface area contributed by atoms with Crippen molar-refractivity contribution in [2.45, 2.75) is 10.9 Å². The highest BCUT2D eigenvalue weighted by molar-refractivity contribution is 8.00. The van der Waals surface area contributed by atoms with Crippen LogP contribution in [0.3, 0.4) is 0 Å². The van der Waals surface area contributed by atoms with Crippen molar-refractivity contribution in [2.75, 3.05) is 26.1 Å². The number of hydrogen-bond acceptors (Lipinski definition) is 4. The number of halogens is 2. The Morgan fingerprint density at radius 2 is 2.26 bits per heavy atom. The number of ether oxygens (including phenoxy) is 1. The van der Waals surface area contributed by atoms with Crippen LogP contribution in [0.5, 0.6) is 0 Å². The van der Waals surface area contributed by atoms with E-state index in [1.54, 1.807) is 18.2 Å². The number of benzene rings is 1. The van der Waals surface area contributed by atoms with Gasteiger partial charge in [0.1, 0.15) is 0 Å². The normalized spacial score (nSPS) is 12.2. The molecule has 4 nitrogen and oxygen atoms in total. The van der Waals surface area contributed by atoms with E-state index in [0.717, 1.165) is 4.90 Å². The fraction of sp³-hybridized carbons (Fsp3) is 0.417. The lowest BCUT2D eigenvalue weighted by Gasteiger charge is -2.15. The van der Waals surface area contributed by atoms with Gasteiger partial charge in [-0.1, -0.05) is 23.2 Å². The van der Waals surface area contributed by atoms with E-state index in [2.05, 4.69) is 5.32 Å². The Balaban J connectivity index is 2.47. The number of amides is 1. The molecule has 0 saturated carbocycles. The summed E-state index contributed by atoms with van der Waals surface area (Å²) in [4.78, 5) is 12.4. The first kappa shape index (κ1) is 16.6. The summed E-state index contributed by atoms with van der Waals surface area (Å²) in [6.45, 7) is 0.104. The molecule has 2 N–H and O–H groups in total. The maximum Gasteiger partial charge on any atom is 0.230 e. The lowest BCUT2D eigenvalue weighted by atomic mass is 10.3. The average molecular weight is 324 g/mol. The molecule has 19 heavy (non-hydrogen) atoms. The first-order valence-corrected chi connectivity index (χ1v) is 7.28. The van der Waals surface area contributed by atoms with Gasteiger partial charge in [0.2, 0.25) is 5.91 Å². The van der Waals surface area contributed by atoms with Crippen LogP contribution in [0, 0.1) is 0 Å². The van der Waals surface area contributed by atoms with E-state index >= 15 is 0 Å². The van der Waals surface area contributed by atoms with Crippen LogP contribution in [0.25, 0.3) is 0 Å². The molecule has 0 aliphatic heterocycles. The van der Waals surface area contributed by atoms with Crippen LogP contribution < -0.4 is 5.32 Å². The summed E-state index contributed by atoms with van der Waals surface area (Å²) in [6.07, 6.45) is 0. The molecule has 0 aromatic heterocycles. The standard InChI is InChI=1S/C12H15Cl2NO3S/c1-18-6-9(5-16)15-12(17)7-19-11-4-8(13)2-3-10(11)14/h2-4,9,16H,5-7H2,1H3,(H,15,17). The largest absolute Gasteiger partial charge is 0.394 e. The molecule has 1 unspecified atom stereocenters. The van der Waals surface area contributed by atoms with E-state index in [1.807, 2.05) is 0 Å². The van der Waals surface area contributed by atoms with Crippen LogP contribution in [0.15, 0.2) is 23.1 Å². The van der Waals surface area contributed by atoms with Crippen LogP contribution >= 0.6 is 35.0 Å². The van der Waals surface area contributed by atoms with Crippen molar-refractivity contribution < 1.29 is 14.6 Å². The number of carbonyl (C=O) groups is 1. The number of hydrogen-bond donors (Lipinski definition) is 2. The number of aliphatic hydroxyl groups is 1. The van der Waals surface area contributed by atoms with Gasteiger partial charge in [-0.3, -0.25) is 4.79 Å². The second-order valence-electron chi connectivity index (χ2n) is 3.77. The fourth-order valence-electron chi connectivity index (χ4n) is 1.34. The van der Waals surface area contributed by atoms with Crippen molar-refractivity contribution in [1.29, 1.82) is 0 Å². The predicted octanol–water partition coefficient (Wildman–Crippen LogP) is 2.21. The SMILES string of the molecule is COCC(CO)NC(=O)CSc1cc(Cl)ccc1Cl. The van der Waals surface area contributed by atoms with Gasteiger partial charge >= 0.3 is 0 Å². The van der Waals surface area contributed by atoms with Gasteiger partial charge in [-0.15, -0.1) is 11.8 Å². The number of nitrogens with one attached hydrogen (secondary N) is 1. The summed E-state index contributed by atoms with van der Waals surface area (Å²) in [6, 6.07) is 4.69. The molecule has 1 aromatic carbocycles. The Bertz CT molecular complexity index is 431. The molecule has 0 saturated heterocycles. The van der Waals surface area contributed by atoms with Gasteiger partial charge < -0.3 is 15.2 Å². The number of thioether (sulfide) groups is 1. The van der Waals surface area contributed by atoms with Crippen molar-refractivity contribution in [1.82, 2.24) is 5.32 Å². The number of rotatable bonds is 7. The van der Waals surface area contributed by atoms with Crippen LogP contribution in [0.2, 0.25) is 10.0 Å². The Labute approximate surface area is 126 Å². The van der Waals surface area contributed by atoms with Crippen LogP contribution in [-0.2, 0) is 9.53 Å². The predicted molar refractivity (Wildman–Crippen MR) is 78.1 cm³/mol. The Morgan fingerprint density at radius 1 is 1.53 bits per heavy atom. The van der Waals surface area contributed by atoms with Crippen LogP contribution in [-0.4, -0.2) is 43.1 Å². The third-order valence-electron chi connectivity index (χ3n) is 2.21. The molecular weight excluding hydrogens is 309 g/mol. The average Bonchev–Trinajstić information content (AvgIpc) is 2.39. The van der Waals surface area contributed by atoms with Gasteiger partial charge in [0, 0.05) is 17.0 Å². The summed E-state index contributed by atoms with van der Waals surface area (Å²) < 4.78 is 4.87. The first-order valence-electron chi connectivity index (χ1n) is 5.53. The Hall–Kier alpha value is -0.460. The van der Waals surface area contributed by atoms with Crippen LogP contribution in [0.4, 0.5) is 0 Å². The molecule has 0 aliphatic carbocycles.